The van der Waals surface area contributed by atoms with Gasteiger partial charge < -0.3 is 26.3 Å². The Balaban J connectivity index is 0.000000159. The molecule has 5 N–H and O–H groups in total. The molecule has 15 nitrogen and oxygen atoms in total. The van der Waals surface area contributed by atoms with Crippen LogP contribution in [-0.2, 0) is 0 Å². The maximum Gasteiger partial charge on any atom is 0.307 e. The third-order valence-electron chi connectivity index (χ3n) is 13.1. The average Bonchev–Trinajstić information content (AvgIpc) is 1.05. The Morgan fingerprint density at radius 2 is 0.739 bits per heavy atom. The number of aromatic nitrogens is 2. The van der Waals surface area contributed by atoms with E-state index >= 15 is 0 Å². The van der Waals surface area contributed by atoms with Crippen LogP contribution in [0.4, 0.5) is 5.82 Å². The summed E-state index contributed by atoms with van der Waals surface area (Å²) in [5.74, 6) is -2.78. The average molecular weight is 1570 g/mol. The van der Waals surface area contributed by atoms with Gasteiger partial charge in [-0.25, -0.2) is 4.98 Å². The van der Waals surface area contributed by atoms with Gasteiger partial charge in [0.25, 0.3) is 5.82 Å². The predicted octanol–water partition coefficient (Wildman–Crippen LogP) is 17.1. The molecule has 88 heavy (non-hydrogen) atoms. The molecule has 0 radical (unpaired) electrons. The molecule has 0 saturated heterocycles. The molecule has 0 spiro atoms. The Hall–Kier alpha value is -8.71. The number of aliphatic hydroxyl groups is 1. The van der Waals surface area contributed by atoms with Gasteiger partial charge in [0.15, 0.2) is 11.2 Å². The van der Waals surface area contributed by atoms with E-state index in [1.165, 1.54) is 6.07 Å². The second kappa shape index (κ2) is 29.3. The number of aliphatic hydroxyl groups excluding tert-OH is 1. The van der Waals surface area contributed by atoms with E-state index in [4.69, 9.17) is 35.0 Å². The highest BCUT2D eigenvalue weighted by Gasteiger charge is 2.33. The Morgan fingerprint density at radius 3 is 1.02 bits per heavy atom. The van der Waals surface area contributed by atoms with Crippen molar-refractivity contribution in [3.8, 4) is 45.5 Å². The van der Waals surface area contributed by atoms with Crippen LogP contribution in [0.5, 0.6) is 0 Å². The molecule has 0 aliphatic heterocycles. The summed E-state index contributed by atoms with van der Waals surface area (Å²) in [7, 11) is 0. The number of carbonyl (C=O) groups excluding carboxylic acids is 6. The van der Waals surface area contributed by atoms with Gasteiger partial charge in [0.1, 0.15) is 23.4 Å². The molecule has 10 aromatic rings. The van der Waals surface area contributed by atoms with Crippen LogP contribution in [0.3, 0.4) is 0 Å². The monoisotopic (exact) mass is 1560 g/mol. The van der Waals surface area contributed by atoms with Gasteiger partial charge >= 0.3 is 5.82 Å². The lowest BCUT2D eigenvalue weighted by molar-refractivity contribution is 0.0815. The fourth-order valence-electron chi connectivity index (χ4n) is 9.28. The van der Waals surface area contributed by atoms with E-state index in [1.54, 1.807) is 79.7 Å². The van der Waals surface area contributed by atoms with Gasteiger partial charge in [0.05, 0.1) is 0 Å². The van der Waals surface area contributed by atoms with Crippen molar-refractivity contribution in [1.82, 2.24) is 9.97 Å². The van der Waals surface area contributed by atoms with Crippen LogP contribution in [-0.4, -0.2) is 56.4 Å². The van der Waals surface area contributed by atoms with Crippen molar-refractivity contribution in [3.63, 3.8) is 0 Å². The standard InChI is InChI=1S/C18H6Br2N4.2C14H6Br2O2.C14H8O2.C4H4N4.C2H6O.ClH/c1-22-18-15(8-21)23-16-11-4-2-9(19)6-13(11)14-7-10(20)3-5-12(14)17(16)24-18;2*15-7-1-3-9-11(5-7)12-6-8(16)2-4-10(12)14(18)13(9)17;15-13-11-7-3-1-5-9(11)10-6-2-4-8-12(10)14(13)16;1-8-4(7)3(6)2-5;1-2-3;/h2-7H;2*1-6H;1-8H;6-7H2;3H,2H2,1H3;1H/b;;;;4-3+;;. The molecule has 22 heteroatoms. The molecule has 0 fully saturated rings. The summed E-state index contributed by atoms with van der Waals surface area (Å²) >= 11 is 20.6. The van der Waals surface area contributed by atoms with E-state index in [0.717, 1.165) is 81.8 Å². The number of hydrogen-bond acceptors (Lipinski definition) is 13. The summed E-state index contributed by atoms with van der Waals surface area (Å²) in [5, 5.41) is 28.7. The zero-order valence-corrected chi connectivity index (χ0v) is 55.5. The Kier molecular flexibility index (Phi) is 22.3. The fraction of sp³-hybridized carbons (Fsp3) is 0.0303. The number of nitriles is 2. The minimum absolute atomic E-state index is 0. The van der Waals surface area contributed by atoms with Crippen molar-refractivity contribution in [2.24, 2.45) is 11.5 Å². The van der Waals surface area contributed by atoms with E-state index in [-0.39, 0.29) is 42.0 Å². The van der Waals surface area contributed by atoms with Crippen molar-refractivity contribution in [1.29, 1.82) is 10.5 Å². The number of Topliss-reactive ketones (excluding diaryl/α,β-unsaturated/α-hetero) is 6. The lowest BCUT2D eigenvalue weighted by atomic mass is 9.84. The topological polar surface area (TPSA) is 257 Å². The number of ketones is 6. The minimum Gasteiger partial charge on any atom is -0.398 e. The molecule has 1 heterocycles. The number of rotatable bonds is 0. The molecule has 9 aromatic carbocycles. The highest BCUT2D eigenvalue weighted by molar-refractivity contribution is 9.11. The number of fused-ring (bicyclic) bond motifs is 15. The first-order valence-corrected chi connectivity index (χ1v) is 30.0. The molecule has 0 unspecified atom stereocenters. The van der Waals surface area contributed by atoms with Crippen LogP contribution in [0, 0.1) is 35.8 Å². The van der Waals surface area contributed by atoms with Crippen LogP contribution < -0.4 is 11.5 Å². The van der Waals surface area contributed by atoms with Crippen LogP contribution in [0.2, 0.25) is 0 Å². The molecule has 0 saturated carbocycles. The quantitative estimate of drug-likeness (QED) is 0.0553. The molecular formula is C66H37Br6ClN8O7. The number of hydrogen-bond donors (Lipinski definition) is 3. The number of allylic oxidation sites excluding steroid dienone is 1. The van der Waals surface area contributed by atoms with E-state index in [9.17, 15) is 34.0 Å². The third kappa shape index (κ3) is 14.0. The van der Waals surface area contributed by atoms with Gasteiger partial charge in [-0.1, -0.05) is 163 Å². The van der Waals surface area contributed by atoms with E-state index < -0.39 is 34.7 Å². The van der Waals surface area contributed by atoms with Crippen molar-refractivity contribution < 1.29 is 33.9 Å². The van der Waals surface area contributed by atoms with Crippen LogP contribution >= 0.6 is 108 Å². The normalized spacial score (nSPS) is 12.0. The summed E-state index contributed by atoms with van der Waals surface area (Å²) in [6.45, 7) is 15.4. The first-order chi connectivity index (χ1) is 41.7. The number of nitrogens with two attached hydrogens (primary N) is 2. The highest BCUT2D eigenvalue weighted by atomic mass is 79.9. The predicted molar refractivity (Wildman–Crippen MR) is 361 cm³/mol. The van der Waals surface area contributed by atoms with Crippen LogP contribution in [0.1, 0.15) is 74.8 Å². The van der Waals surface area contributed by atoms with Gasteiger partial charge in [-0.2, -0.15) is 10.5 Å². The Bertz CT molecular complexity index is 4410. The third-order valence-corrected chi connectivity index (χ3v) is 16.1. The first-order valence-electron chi connectivity index (χ1n) is 25.3. The van der Waals surface area contributed by atoms with Crippen LogP contribution in [0.15, 0.2) is 196 Å². The van der Waals surface area contributed by atoms with E-state index in [2.05, 4.69) is 115 Å². The Labute approximate surface area is 558 Å². The summed E-state index contributed by atoms with van der Waals surface area (Å²) < 4.78 is 5.46. The largest absolute Gasteiger partial charge is 0.398 e. The molecule has 3 aliphatic rings. The molecule has 0 atom stereocenters. The molecule has 3 aliphatic carbocycles. The Morgan fingerprint density at radius 1 is 0.455 bits per heavy atom. The number of carbonyl (C=O) groups is 6. The molecule has 1 aromatic heterocycles. The maximum absolute atomic E-state index is 12.0. The highest BCUT2D eigenvalue weighted by Crippen LogP contribution is 2.40. The van der Waals surface area contributed by atoms with Gasteiger partial charge in [0.2, 0.25) is 34.7 Å². The van der Waals surface area contributed by atoms with Crippen molar-refractivity contribution in [3.05, 3.63) is 258 Å². The van der Waals surface area contributed by atoms with Crippen molar-refractivity contribution in [2.45, 2.75) is 6.92 Å². The lowest BCUT2D eigenvalue weighted by Gasteiger charge is -2.18. The van der Waals surface area contributed by atoms with Gasteiger partial charge in [-0.3, -0.25) is 28.8 Å². The SMILES string of the molecule is CCO.Cl.O=C1C(=O)c2ccc(Br)cc2-c2cc(Br)ccc21.O=C1C(=O)c2ccc(Br)cc2-c2cc(Br)ccc21.O=C1C(=O)c2ccccc2-c2ccccc21.[C-]#[N+]/C(N)=C(/N)C#N.[C-]#[N+]c1nc2c3ccc(Br)cc3c3cc(Br)ccc3c2nc1C#N. The summed E-state index contributed by atoms with van der Waals surface area (Å²) in [4.78, 5) is 86.6. The van der Waals surface area contributed by atoms with Gasteiger partial charge in [0, 0.05) is 77.6 Å². The van der Waals surface area contributed by atoms with Crippen LogP contribution in [0.25, 0.3) is 75.6 Å². The van der Waals surface area contributed by atoms with E-state index in [1.807, 2.05) is 91.0 Å². The zero-order chi connectivity index (χ0) is 63.0. The van der Waals surface area contributed by atoms with Crippen molar-refractivity contribution in [2.75, 3.05) is 6.61 Å². The second-order valence-electron chi connectivity index (χ2n) is 18.4. The minimum atomic E-state index is -0.438. The second-order valence-corrected chi connectivity index (χ2v) is 23.9. The van der Waals surface area contributed by atoms with E-state index in [0.29, 0.717) is 44.4 Å². The molecule has 13 rings (SSSR count). The lowest BCUT2D eigenvalue weighted by Crippen LogP contribution is -2.21. The van der Waals surface area contributed by atoms with Gasteiger partial charge in [-0.15, -0.1) is 17.4 Å². The number of nitrogens with zero attached hydrogens (tertiary/aromatic N) is 6. The maximum atomic E-state index is 12.0. The van der Waals surface area contributed by atoms with Gasteiger partial charge in [-0.05, 0) is 154 Å². The number of benzene rings is 9. The first kappa shape index (κ1) is 66.8. The molecular weight excluding hydrogens is 1530 g/mol. The smallest absolute Gasteiger partial charge is 0.307 e. The molecule has 0 amide bonds. The van der Waals surface area contributed by atoms with Crippen molar-refractivity contribution >= 4 is 181 Å². The summed E-state index contributed by atoms with van der Waals surface area (Å²) in [6, 6.07) is 51.1. The number of halogens is 7. The molecule has 0 bridgehead atoms. The molecule has 432 valence electrons. The zero-order valence-electron chi connectivity index (χ0n) is 45.1. The fourth-order valence-corrected chi connectivity index (χ4v) is 11.4. The summed E-state index contributed by atoms with van der Waals surface area (Å²) in [6.07, 6.45) is 0. The summed E-state index contributed by atoms with van der Waals surface area (Å²) in [5.41, 5.74) is 18.7.